The zero-order valence-electron chi connectivity index (χ0n) is 16.3. The Labute approximate surface area is 168 Å². The molecule has 0 spiro atoms. The highest BCUT2D eigenvalue weighted by Gasteiger charge is 2.33. The van der Waals surface area contributed by atoms with Crippen LogP contribution >= 0.6 is 23.1 Å². The maximum absolute atomic E-state index is 12.4. The Kier molecular flexibility index (Phi) is 5.86. The molecule has 0 amide bonds. The van der Waals surface area contributed by atoms with E-state index in [4.69, 9.17) is 4.74 Å². The largest absolute Gasteiger partial charge is 0.465 e. The van der Waals surface area contributed by atoms with E-state index in [1.807, 2.05) is 20.8 Å². The lowest BCUT2D eigenvalue weighted by Crippen LogP contribution is -2.30. The zero-order chi connectivity index (χ0) is 19.6. The predicted octanol–water partition coefficient (Wildman–Crippen LogP) is 5.66. The highest BCUT2D eigenvalue weighted by molar-refractivity contribution is 8.01. The average molecular weight is 401 g/mol. The number of esters is 1. The molecule has 142 valence electrons. The first kappa shape index (κ1) is 19.8. The quantitative estimate of drug-likeness (QED) is 0.303. The second kappa shape index (κ2) is 7.98. The van der Waals surface area contributed by atoms with Gasteiger partial charge in [0.05, 0.1) is 12.0 Å². The summed E-state index contributed by atoms with van der Waals surface area (Å²) in [6, 6.07) is 8.54. The molecule has 0 saturated carbocycles. The van der Waals surface area contributed by atoms with Crippen molar-refractivity contribution in [1.82, 2.24) is 9.97 Å². The summed E-state index contributed by atoms with van der Waals surface area (Å²) in [6.07, 6.45) is 2.51. The first-order valence-electron chi connectivity index (χ1n) is 9.07. The molecular weight excluding hydrogens is 376 g/mol. The Bertz CT molecular complexity index is 962. The third kappa shape index (κ3) is 4.01. The first-order chi connectivity index (χ1) is 12.9. The number of aryl methyl sites for hydroxylation is 2. The highest BCUT2D eigenvalue weighted by Crippen LogP contribution is 2.44. The van der Waals surface area contributed by atoms with Crippen LogP contribution in [0.4, 0.5) is 0 Å². The van der Waals surface area contributed by atoms with Crippen molar-refractivity contribution < 1.29 is 9.53 Å². The predicted molar refractivity (Wildman–Crippen MR) is 114 cm³/mol. The molecule has 2 heterocycles. The number of benzene rings is 1. The molecule has 6 heteroatoms. The molecule has 27 heavy (non-hydrogen) atoms. The second-order valence-electron chi connectivity index (χ2n) is 6.81. The molecule has 0 saturated heterocycles. The van der Waals surface area contributed by atoms with Gasteiger partial charge in [0.15, 0.2) is 0 Å². The standard InChI is InChI=1S/C21H24N2O2S2/c1-6-15-16(14-10-8-13(3)9-11-14)17-18(26-15)22-12-23-19(17)27-21(4,5)20(24)25-7-2/h8-12H,6-7H2,1-5H3. The molecule has 4 nitrogen and oxygen atoms in total. The number of hydrogen-bond acceptors (Lipinski definition) is 6. The fourth-order valence-corrected chi connectivity index (χ4v) is 5.08. The van der Waals surface area contributed by atoms with Gasteiger partial charge in [-0.15, -0.1) is 11.3 Å². The average Bonchev–Trinajstić information content (AvgIpc) is 3.02. The van der Waals surface area contributed by atoms with Gasteiger partial charge in [-0.3, -0.25) is 4.79 Å². The lowest BCUT2D eigenvalue weighted by molar-refractivity contribution is -0.145. The van der Waals surface area contributed by atoms with E-state index in [-0.39, 0.29) is 5.97 Å². The van der Waals surface area contributed by atoms with Crippen molar-refractivity contribution in [2.24, 2.45) is 0 Å². The van der Waals surface area contributed by atoms with E-state index in [1.165, 1.54) is 27.8 Å². The molecule has 0 atom stereocenters. The van der Waals surface area contributed by atoms with Crippen LogP contribution in [0.3, 0.4) is 0 Å². The topological polar surface area (TPSA) is 52.1 Å². The fraction of sp³-hybridized carbons (Fsp3) is 0.381. The van der Waals surface area contributed by atoms with Gasteiger partial charge in [0.25, 0.3) is 0 Å². The van der Waals surface area contributed by atoms with Gasteiger partial charge < -0.3 is 4.74 Å². The maximum atomic E-state index is 12.4. The van der Waals surface area contributed by atoms with Crippen LogP contribution in [0.2, 0.25) is 0 Å². The molecule has 0 fully saturated rings. The lowest BCUT2D eigenvalue weighted by atomic mass is 10.0. The molecule has 0 aliphatic heterocycles. The Morgan fingerprint density at radius 1 is 1.19 bits per heavy atom. The first-order valence-corrected chi connectivity index (χ1v) is 10.7. The number of thiophene rings is 1. The molecule has 0 aliphatic carbocycles. The minimum atomic E-state index is -0.726. The summed E-state index contributed by atoms with van der Waals surface area (Å²) >= 11 is 3.14. The summed E-state index contributed by atoms with van der Waals surface area (Å²) < 4.78 is 4.52. The van der Waals surface area contributed by atoms with Crippen LogP contribution in [0.5, 0.6) is 0 Å². The van der Waals surface area contributed by atoms with Crippen LogP contribution in [0, 0.1) is 6.92 Å². The van der Waals surface area contributed by atoms with Crippen molar-refractivity contribution in [2.75, 3.05) is 6.61 Å². The monoisotopic (exact) mass is 400 g/mol. The molecule has 2 aromatic heterocycles. The Hall–Kier alpha value is -1.92. The van der Waals surface area contributed by atoms with Crippen LogP contribution in [0.15, 0.2) is 35.6 Å². The highest BCUT2D eigenvalue weighted by atomic mass is 32.2. The number of fused-ring (bicyclic) bond motifs is 1. The maximum Gasteiger partial charge on any atom is 0.322 e. The van der Waals surface area contributed by atoms with Crippen molar-refractivity contribution in [3.63, 3.8) is 0 Å². The number of carbonyl (C=O) groups excluding carboxylic acids is 1. The van der Waals surface area contributed by atoms with Crippen LogP contribution in [-0.4, -0.2) is 27.3 Å². The SMILES string of the molecule is CCOC(=O)C(C)(C)Sc1ncnc2sc(CC)c(-c3ccc(C)cc3)c12. The minimum absolute atomic E-state index is 0.232. The van der Waals surface area contributed by atoms with E-state index in [0.717, 1.165) is 27.2 Å². The molecular formula is C21H24N2O2S2. The molecule has 0 unspecified atom stereocenters. The number of carbonyl (C=O) groups is 1. The van der Waals surface area contributed by atoms with Crippen LogP contribution < -0.4 is 0 Å². The lowest BCUT2D eigenvalue weighted by Gasteiger charge is -2.21. The molecule has 0 bridgehead atoms. The van der Waals surface area contributed by atoms with Crippen molar-refractivity contribution >= 4 is 39.3 Å². The Balaban J connectivity index is 2.16. The van der Waals surface area contributed by atoms with Gasteiger partial charge in [-0.2, -0.15) is 0 Å². The summed E-state index contributed by atoms with van der Waals surface area (Å²) in [5.41, 5.74) is 3.57. The van der Waals surface area contributed by atoms with Crippen molar-refractivity contribution in [1.29, 1.82) is 0 Å². The summed E-state index contributed by atoms with van der Waals surface area (Å²) in [5.74, 6) is -0.232. The molecule has 1 aromatic carbocycles. The Morgan fingerprint density at radius 3 is 2.52 bits per heavy atom. The van der Waals surface area contributed by atoms with Gasteiger partial charge in [0.2, 0.25) is 0 Å². The molecule has 0 N–H and O–H groups in total. The minimum Gasteiger partial charge on any atom is -0.465 e. The normalized spacial score (nSPS) is 11.7. The summed E-state index contributed by atoms with van der Waals surface area (Å²) in [5, 5.41) is 1.86. The fourth-order valence-electron chi connectivity index (χ4n) is 2.89. The number of hydrogen-bond donors (Lipinski definition) is 0. The van der Waals surface area contributed by atoms with Crippen LogP contribution in [0.25, 0.3) is 21.3 Å². The van der Waals surface area contributed by atoms with E-state index < -0.39 is 4.75 Å². The Morgan fingerprint density at radius 2 is 1.89 bits per heavy atom. The molecule has 3 rings (SSSR count). The third-order valence-corrected chi connectivity index (χ3v) is 6.73. The van der Waals surface area contributed by atoms with E-state index >= 15 is 0 Å². The summed E-state index contributed by atoms with van der Waals surface area (Å²) in [4.78, 5) is 23.7. The van der Waals surface area contributed by atoms with Gasteiger partial charge in [-0.05, 0) is 39.7 Å². The molecule has 0 aliphatic rings. The summed E-state index contributed by atoms with van der Waals surface area (Å²) in [7, 11) is 0. The number of nitrogens with zero attached hydrogens (tertiary/aromatic N) is 2. The zero-order valence-corrected chi connectivity index (χ0v) is 18.0. The van der Waals surface area contributed by atoms with Crippen molar-refractivity contribution in [3.05, 3.63) is 41.0 Å². The number of aromatic nitrogens is 2. The molecule has 0 radical (unpaired) electrons. The van der Waals surface area contributed by atoms with Crippen molar-refractivity contribution in [2.45, 2.75) is 50.8 Å². The van der Waals surface area contributed by atoms with Gasteiger partial charge in [-0.25, -0.2) is 9.97 Å². The van der Waals surface area contributed by atoms with Crippen LogP contribution in [0.1, 0.15) is 38.1 Å². The molecule has 3 aromatic rings. The van der Waals surface area contributed by atoms with Gasteiger partial charge in [0.1, 0.15) is 20.9 Å². The van der Waals surface area contributed by atoms with Crippen molar-refractivity contribution in [3.8, 4) is 11.1 Å². The van der Waals surface area contributed by atoms with E-state index in [9.17, 15) is 4.79 Å². The van der Waals surface area contributed by atoms with Gasteiger partial charge >= 0.3 is 5.97 Å². The summed E-state index contributed by atoms with van der Waals surface area (Å²) in [6.45, 7) is 10.2. The third-order valence-electron chi connectivity index (χ3n) is 4.31. The second-order valence-corrected chi connectivity index (χ2v) is 9.51. The number of ether oxygens (including phenoxy) is 1. The van der Waals surface area contributed by atoms with Gasteiger partial charge in [-0.1, -0.05) is 48.5 Å². The van der Waals surface area contributed by atoms with Crippen LogP contribution in [-0.2, 0) is 16.0 Å². The number of thioether (sulfide) groups is 1. The van der Waals surface area contributed by atoms with E-state index in [1.54, 1.807) is 17.7 Å². The van der Waals surface area contributed by atoms with E-state index in [0.29, 0.717) is 6.61 Å². The smallest absolute Gasteiger partial charge is 0.322 e. The number of rotatable bonds is 6. The van der Waals surface area contributed by atoms with E-state index in [2.05, 4.69) is 48.1 Å². The van der Waals surface area contributed by atoms with Gasteiger partial charge in [0, 0.05) is 10.4 Å².